The molecule has 5 nitrogen and oxygen atoms in total. The number of hydrogen-bond acceptors (Lipinski definition) is 5. The third-order valence-corrected chi connectivity index (χ3v) is 4.41. The van der Waals surface area contributed by atoms with Gasteiger partial charge in [-0.15, -0.1) is 0 Å². The highest BCUT2D eigenvalue weighted by Crippen LogP contribution is 2.10. The number of hydrogen-bond donors (Lipinski definition) is 1. The number of amides is 1. The van der Waals surface area contributed by atoms with Gasteiger partial charge in [0.05, 0.1) is 6.42 Å². The molecule has 0 saturated carbocycles. The molecule has 1 N–H and O–H groups in total. The Kier molecular flexibility index (Phi) is 6.89. The highest BCUT2D eigenvalue weighted by atomic mass is 32.1. The van der Waals surface area contributed by atoms with Gasteiger partial charge in [0.15, 0.2) is 6.10 Å². The fourth-order valence-corrected chi connectivity index (χ4v) is 2.86. The second-order valence-corrected chi connectivity index (χ2v) is 6.34. The quantitative estimate of drug-likeness (QED) is 0.580. The molecule has 0 saturated heterocycles. The zero-order valence-electron chi connectivity index (χ0n) is 14.3. The van der Waals surface area contributed by atoms with Crippen molar-refractivity contribution >= 4 is 29.0 Å². The zero-order chi connectivity index (χ0) is 18.2. The molecule has 0 fully saturated rings. The standard InChI is InChI=1S/C19H21NO4S/c1-3-14-4-6-15(7-5-14)18(22)13(2)24-17(21)8-10-20-19(23)16-9-11-25-12-16/h4-7,9,11-13H,3,8,10H2,1-2H3,(H,20,23). The van der Waals surface area contributed by atoms with Crippen LogP contribution < -0.4 is 5.32 Å². The van der Waals surface area contributed by atoms with Gasteiger partial charge in [-0.05, 0) is 30.4 Å². The van der Waals surface area contributed by atoms with Gasteiger partial charge in [0.1, 0.15) is 0 Å². The van der Waals surface area contributed by atoms with E-state index < -0.39 is 12.1 Å². The summed E-state index contributed by atoms with van der Waals surface area (Å²) < 4.78 is 5.16. The molecule has 1 heterocycles. The molecule has 0 bridgehead atoms. The highest BCUT2D eigenvalue weighted by molar-refractivity contribution is 7.08. The minimum absolute atomic E-state index is 0.0161. The van der Waals surface area contributed by atoms with E-state index >= 15 is 0 Å². The van der Waals surface area contributed by atoms with E-state index in [9.17, 15) is 14.4 Å². The lowest BCUT2D eigenvalue weighted by molar-refractivity contribution is -0.146. The minimum atomic E-state index is -0.854. The molecule has 1 unspecified atom stereocenters. The first-order chi connectivity index (χ1) is 12.0. The minimum Gasteiger partial charge on any atom is -0.454 e. The summed E-state index contributed by atoms with van der Waals surface area (Å²) in [6.45, 7) is 3.76. The number of aryl methyl sites for hydroxylation is 1. The van der Waals surface area contributed by atoms with Crippen molar-refractivity contribution in [2.75, 3.05) is 6.54 Å². The lowest BCUT2D eigenvalue weighted by Crippen LogP contribution is -2.29. The van der Waals surface area contributed by atoms with Crippen molar-refractivity contribution < 1.29 is 19.1 Å². The number of thiophene rings is 1. The Morgan fingerprint density at radius 2 is 1.84 bits per heavy atom. The maximum absolute atomic E-state index is 12.3. The molecule has 0 radical (unpaired) electrons. The van der Waals surface area contributed by atoms with Crippen LogP contribution in [0.25, 0.3) is 0 Å². The van der Waals surface area contributed by atoms with E-state index in [0.717, 1.165) is 12.0 Å². The fourth-order valence-electron chi connectivity index (χ4n) is 2.22. The van der Waals surface area contributed by atoms with Crippen molar-refractivity contribution in [2.45, 2.75) is 32.8 Å². The number of ether oxygens (including phenoxy) is 1. The molecule has 2 aromatic rings. The van der Waals surface area contributed by atoms with Crippen molar-refractivity contribution in [3.63, 3.8) is 0 Å². The first-order valence-corrected chi connectivity index (χ1v) is 9.08. The summed E-state index contributed by atoms with van der Waals surface area (Å²) in [5, 5.41) is 6.19. The van der Waals surface area contributed by atoms with Crippen LogP contribution in [0.1, 0.15) is 46.5 Å². The normalized spacial score (nSPS) is 11.6. The molecule has 25 heavy (non-hydrogen) atoms. The Morgan fingerprint density at radius 3 is 2.44 bits per heavy atom. The Hall–Kier alpha value is -2.47. The topological polar surface area (TPSA) is 72.5 Å². The van der Waals surface area contributed by atoms with Gasteiger partial charge in [-0.3, -0.25) is 14.4 Å². The van der Waals surface area contributed by atoms with E-state index in [0.29, 0.717) is 11.1 Å². The number of ketones is 1. The van der Waals surface area contributed by atoms with E-state index in [-0.39, 0.29) is 24.7 Å². The summed E-state index contributed by atoms with van der Waals surface area (Å²) in [6.07, 6.45) is 0.0609. The van der Waals surface area contributed by atoms with Crippen molar-refractivity contribution in [1.82, 2.24) is 5.32 Å². The van der Waals surface area contributed by atoms with Crippen LogP contribution in [-0.2, 0) is 16.0 Å². The average Bonchev–Trinajstić information content (AvgIpc) is 3.15. The molecule has 6 heteroatoms. The predicted octanol–water partition coefficient (Wildman–Crippen LogP) is 3.25. The van der Waals surface area contributed by atoms with Crippen LogP contribution in [-0.4, -0.2) is 30.3 Å². The second-order valence-electron chi connectivity index (χ2n) is 5.56. The number of carbonyl (C=O) groups is 3. The maximum atomic E-state index is 12.3. The number of benzene rings is 1. The van der Waals surface area contributed by atoms with Crippen LogP contribution in [0, 0.1) is 0 Å². The molecule has 0 aliphatic carbocycles. The van der Waals surface area contributed by atoms with Gasteiger partial charge in [-0.1, -0.05) is 31.2 Å². The van der Waals surface area contributed by atoms with Crippen molar-refractivity contribution in [3.8, 4) is 0 Å². The lowest BCUT2D eigenvalue weighted by atomic mass is 10.0. The van der Waals surface area contributed by atoms with Crippen LogP contribution in [0.5, 0.6) is 0 Å². The third kappa shape index (κ3) is 5.53. The zero-order valence-corrected chi connectivity index (χ0v) is 15.1. The average molecular weight is 359 g/mol. The van der Waals surface area contributed by atoms with Crippen molar-refractivity contribution in [3.05, 3.63) is 57.8 Å². The largest absolute Gasteiger partial charge is 0.454 e. The second kappa shape index (κ2) is 9.13. The van der Waals surface area contributed by atoms with Gasteiger partial charge < -0.3 is 10.1 Å². The first kappa shape index (κ1) is 18.9. The number of esters is 1. The third-order valence-electron chi connectivity index (χ3n) is 3.72. The van der Waals surface area contributed by atoms with Gasteiger partial charge in [-0.25, -0.2) is 0 Å². The smallest absolute Gasteiger partial charge is 0.308 e. The van der Waals surface area contributed by atoms with Gasteiger partial charge in [0.2, 0.25) is 5.78 Å². The number of Topliss-reactive ketones (excluding diaryl/α,β-unsaturated/α-hetero) is 1. The van der Waals surface area contributed by atoms with Crippen LogP contribution in [0.2, 0.25) is 0 Å². The molecule has 1 amide bonds. The van der Waals surface area contributed by atoms with Gasteiger partial charge in [-0.2, -0.15) is 11.3 Å². The molecular weight excluding hydrogens is 338 g/mol. The number of rotatable bonds is 8. The Morgan fingerprint density at radius 1 is 1.12 bits per heavy atom. The van der Waals surface area contributed by atoms with E-state index in [1.165, 1.54) is 11.3 Å². The molecule has 0 spiro atoms. The van der Waals surface area contributed by atoms with Gasteiger partial charge >= 0.3 is 5.97 Å². The van der Waals surface area contributed by atoms with Crippen LogP contribution >= 0.6 is 11.3 Å². The molecule has 0 aliphatic heterocycles. The Labute approximate surface area is 151 Å². The summed E-state index contributed by atoms with van der Waals surface area (Å²) >= 11 is 1.43. The van der Waals surface area contributed by atoms with E-state index in [2.05, 4.69) is 5.32 Å². The van der Waals surface area contributed by atoms with E-state index in [1.807, 2.05) is 24.4 Å². The van der Waals surface area contributed by atoms with Crippen molar-refractivity contribution in [2.24, 2.45) is 0 Å². The van der Waals surface area contributed by atoms with Crippen LogP contribution in [0.4, 0.5) is 0 Å². The predicted molar refractivity (Wildman–Crippen MR) is 97.0 cm³/mol. The Balaban J connectivity index is 1.76. The summed E-state index contributed by atoms with van der Waals surface area (Å²) in [4.78, 5) is 35.8. The van der Waals surface area contributed by atoms with Gasteiger partial charge in [0.25, 0.3) is 5.91 Å². The lowest BCUT2D eigenvalue weighted by Gasteiger charge is -2.13. The molecule has 1 aromatic heterocycles. The number of nitrogens with one attached hydrogen (secondary N) is 1. The number of carbonyl (C=O) groups excluding carboxylic acids is 3. The highest BCUT2D eigenvalue weighted by Gasteiger charge is 2.19. The summed E-state index contributed by atoms with van der Waals surface area (Å²) in [7, 11) is 0. The molecule has 1 atom stereocenters. The molecule has 0 aliphatic rings. The molecular formula is C19H21NO4S. The SMILES string of the molecule is CCc1ccc(C(=O)C(C)OC(=O)CCNC(=O)c2ccsc2)cc1. The monoisotopic (exact) mass is 359 g/mol. The molecule has 2 rings (SSSR count). The first-order valence-electron chi connectivity index (χ1n) is 8.14. The van der Waals surface area contributed by atoms with Crippen LogP contribution in [0.3, 0.4) is 0 Å². The summed E-state index contributed by atoms with van der Waals surface area (Å²) in [5.41, 5.74) is 2.23. The summed E-state index contributed by atoms with van der Waals surface area (Å²) in [5.74, 6) is -0.982. The van der Waals surface area contributed by atoms with Gasteiger partial charge in [0, 0.05) is 23.1 Å². The van der Waals surface area contributed by atoms with E-state index in [4.69, 9.17) is 4.74 Å². The van der Waals surface area contributed by atoms with Crippen LogP contribution in [0.15, 0.2) is 41.1 Å². The Bertz CT molecular complexity index is 722. The summed E-state index contributed by atoms with van der Waals surface area (Å²) in [6, 6.07) is 8.98. The van der Waals surface area contributed by atoms with E-state index in [1.54, 1.807) is 30.5 Å². The maximum Gasteiger partial charge on any atom is 0.308 e. The fraction of sp³-hybridized carbons (Fsp3) is 0.316. The molecule has 1 aromatic carbocycles. The van der Waals surface area contributed by atoms with Crippen molar-refractivity contribution in [1.29, 1.82) is 0 Å². The molecule has 132 valence electrons.